The van der Waals surface area contributed by atoms with E-state index in [2.05, 4.69) is 10.3 Å². The molecule has 0 aliphatic carbocycles. The van der Waals surface area contributed by atoms with Crippen molar-refractivity contribution >= 4 is 0 Å². The lowest BCUT2D eigenvalue weighted by Gasteiger charge is -2.04. The first-order chi connectivity index (χ1) is 6.72. The largest absolute Gasteiger partial charge is 0.305 e. The van der Waals surface area contributed by atoms with Gasteiger partial charge in [0.05, 0.1) is 7.11 Å². The van der Waals surface area contributed by atoms with Crippen LogP contribution in [0.2, 0.25) is 0 Å². The van der Waals surface area contributed by atoms with Gasteiger partial charge in [0.25, 0.3) is 0 Å². The van der Waals surface area contributed by atoms with Crippen molar-refractivity contribution in [2.45, 2.75) is 19.4 Å². The van der Waals surface area contributed by atoms with Gasteiger partial charge in [0.1, 0.15) is 0 Å². The number of hydroxylamine groups is 1. The first-order valence-corrected chi connectivity index (χ1v) is 4.34. The average Bonchev–Trinajstić information content (AvgIpc) is 2.16. The van der Waals surface area contributed by atoms with Gasteiger partial charge in [0.15, 0.2) is 0 Å². The molecule has 4 heteroatoms. The third kappa shape index (κ3) is 3.81. The standard InChI is InChI=1S/C10H13F2NO/c1-14-13-7-9-4-2-8(3-5-9)6-10(11)12/h2-5,10,13H,6-7H2,1H3. The Labute approximate surface area is 81.8 Å². The maximum atomic E-state index is 12.0. The second-order valence-corrected chi connectivity index (χ2v) is 2.94. The van der Waals surface area contributed by atoms with E-state index in [9.17, 15) is 8.78 Å². The van der Waals surface area contributed by atoms with E-state index in [4.69, 9.17) is 0 Å². The van der Waals surface area contributed by atoms with E-state index in [0.29, 0.717) is 12.1 Å². The van der Waals surface area contributed by atoms with Crippen molar-refractivity contribution < 1.29 is 13.6 Å². The highest BCUT2D eigenvalue weighted by molar-refractivity contribution is 5.22. The summed E-state index contributed by atoms with van der Waals surface area (Å²) in [6.45, 7) is 0.575. The Balaban J connectivity index is 2.50. The van der Waals surface area contributed by atoms with Gasteiger partial charge in [-0.25, -0.2) is 8.78 Å². The minimum absolute atomic E-state index is 0.183. The minimum Gasteiger partial charge on any atom is -0.305 e. The smallest absolute Gasteiger partial charge is 0.242 e. The van der Waals surface area contributed by atoms with Crippen LogP contribution in [0.5, 0.6) is 0 Å². The zero-order chi connectivity index (χ0) is 10.4. The van der Waals surface area contributed by atoms with E-state index in [1.165, 1.54) is 7.11 Å². The van der Waals surface area contributed by atoms with E-state index < -0.39 is 6.43 Å². The number of nitrogens with one attached hydrogen (secondary N) is 1. The monoisotopic (exact) mass is 201 g/mol. The van der Waals surface area contributed by atoms with Gasteiger partial charge in [-0.15, -0.1) is 0 Å². The predicted molar refractivity (Wildman–Crippen MR) is 50.0 cm³/mol. The van der Waals surface area contributed by atoms with E-state index in [-0.39, 0.29) is 6.42 Å². The van der Waals surface area contributed by atoms with Crippen LogP contribution >= 0.6 is 0 Å². The van der Waals surface area contributed by atoms with Crippen LogP contribution in [0.15, 0.2) is 24.3 Å². The lowest BCUT2D eigenvalue weighted by atomic mass is 10.1. The van der Waals surface area contributed by atoms with E-state index in [1.807, 2.05) is 12.1 Å². The van der Waals surface area contributed by atoms with Gasteiger partial charge in [-0.05, 0) is 11.1 Å². The summed E-state index contributed by atoms with van der Waals surface area (Å²) >= 11 is 0. The maximum absolute atomic E-state index is 12.0. The molecule has 0 saturated carbocycles. The molecule has 0 atom stereocenters. The fourth-order valence-electron chi connectivity index (χ4n) is 1.13. The summed E-state index contributed by atoms with van der Waals surface area (Å²) in [5.41, 5.74) is 4.33. The number of benzene rings is 1. The molecule has 0 unspecified atom stereocenters. The highest BCUT2D eigenvalue weighted by Crippen LogP contribution is 2.09. The minimum atomic E-state index is -2.28. The van der Waals surface area contributed by atoms with Crippen LogP contribution in [0.3, 0.4) is 0 Å². The summed E-state index contributed by atoms with van der Waals surface area (Å²) in [5, 5.41) is 0. The molecule has 0 aromatic heterocycles. The average molecular weight is 201 g/mol. The van der Waals surface area contributed by atoms with Crippen molar-refractivity contribution in [3.63, 3.8) is 0 Å². The summed E-state index contributed by atoms with van der Waals surface area (Å²) < 4.78 is 24.0. The fraction of sp³-hybridized carbons (Fsp3) is 0.400. The molecule has 2 nitrogen and oxygen atoms in total. The van der Waals surface area contributed by atoms with Crippen LogP contribution in [-0.4, -0.2) is 13.5 Å². The highest BCUT2D eigenvalue weighted by atomic mass is 19.3. The SMILES string of the molecule is CONCc1ccc(CC(F)F)cc1. The highest BCUT2D eigenvalue weighted by Gasteiger charge is 2.03. The van der Waals surface area contributed by atoms with Crippen LogP contribution in [0.25, 0.3) is 0 Å². The van der Waals surface area contributed by atoms with Crippen molar-refractivity contribution in [1.82, 2.24) is 5.48 Å². The molecule has 1 aromatic rings. The topological polar surface area (TPSA) is 21.3 Å². The number of rotatable bonds is 5. The molecular formula is C10H13F2NO. The fourth-order valence-corrected chi connectivity index (χ4v) is 1.13. The summed E-state index contributed by atoms with van der Waals surface area (Å²) in [7, 11) is 1.53. The number of hydrogen-bond donors (Lipinski definition) is 1. The molecule has 0 aliphatic heterocycles. The van der Waals surface area contributed by atoms with Crippen molar-refractivity contribution in [3.8, 4) is 0 Å². The summed E-state index contributed by atoms with van der Waals surface area (Å²) in [4.78, 5) is 4.67. The van der Waals surface area contributed by atoms with Crippen molar-refractivity contribution in [3.05, 3.63) is 35.4 Å². The molecule has 0 amide bonds. The molecule has 0 aliphatic rings. The van der Waals surface area contributed by atoms with E-state index >= 15 is 0 Å². The molecule has 0 saturated heterocycles. The van der Waals surface area contributed by atoms with Crippen LogP contribution in [0.4, 0.5) is 8.78 Å². The summed E-state index contributed by atoms with van der Waals surface area (Å²) in [6.07, 6.45) is -2.46. The molecule has 0 bridgehead atoms. The molecule has 0 fully saturated rings. The zero-order valence-electron chi connectivity index (χ0n) is 7.97. The van der Waals surface area contributed by atoms with Crippen molar-refractivity contribution in [1.29, 1.82) is 0 Å². The maximum Gasteiger partial charge on any atom is 0.242 e. The van der Waals surface area contributed by atoms with Crippen LogP contribution in [0.1, 0.15) is 11.1 Å². The molecule has 14 heavy (non-hydrogen) atoms. The van der Waals surface area contributed by atoms with E-state index in [0.717, 1.165) is 5.56 Å². The molecule has 1 N–H and O–H groups in total. The number of halogens is 2. The molecular weight excluding hydrogens is 188 g/mol. The molecule has 0 heterocycles. The predicted octanol–water partition coefficient (Wildman–Crippen LogP) is 2.15. The van der Waals surface area contributed by atoms with Gasteiger partial charge < -0.3 is 4.84 Å². The lowest BCUT2D eigenvalue weighted by molar-refractivity contribution is 0.0867. The summed E-state index contributed by atoms with van der Waals surface area (Å²) in [6, 6.07) is 7.03. The normalized spacial score (nSPS) is 10.9. The second kappa shape index (κ2) is 5.67. The third-order valence-corrected chi connectivity index (χ3v) is 1.83. The van der Waals surface area contributed by atoms with Gasteiger partial charge in [0.2, 0.25) is 6.43 Å². The Hall–Kier alpha value is -1.00. The van der Waals surface area contributed by atoms with Gasteiger partial charge in [-0.3, -0.25) is 0 Å². The van der Waals surface area contributed by atoms with Gasteiger partial charge in [0, 0.05) is 13.0 Å². The number of alkyl halides is 2. The first kappa shape index (κ1) is 11.1. The molecule has 0 spiro atoms. The van der Waals surface area contributed by atoms with Gasteiger partial charge in [-0.1, -0.05) is 24.3 Å². The Morgan fingerprint density at radius 2 is 1.79 bits per heavy atom. The third-order valence-electron chi connectivity index (χ3n) is 1.83. The summed E-state index contributed by atoms with van der Waals surface area (Å²) in [5.74, 6) is 0. The molecule has 1 aromatic carbocycles. The van der Waals surface area contributed by atoms with Crippen LogP contribution < -0.4 is 5.48 Å². The van der Waals surface area contributed by atoms with Gasteiger partial charge in [-0.2, -0.15) is 5.48 Å². The quantitative estimate of drug-likeness (QED) is 0.737. The van der Waals surface area contributed by atoms with Crippen LogP contribution in [-0.2, 0) is 17.8 Å². The lowest BCUT2D eigenvalue weighted by Crippen LogP contribution is -2.10. The Morgan fingerprint density at radius 1 is 1.21 bits per heavy atom. The van der Waals surface area contributed by atoms with Crippen molar-refractivity contribution in [2.24, 2.45) is 0 Å². The molecule has 78 valence electrons. The Kier molecular flexibility index (Phi) is 4.49. The molecule has 0 radical (unpaired) electrons. The van der Waals surface area contributed by atoms with Gasteiger partial charge >= 0.3 is 0 Å². The number of hydrogen-bond acceptors (Lipinski definition) is 2. The first-order valence-electron chi connectivity index (χ1n) is 4.34. The second-order valence-electron chi connectivity index (χ2n) is 2.94. The Morgan fingerprint density at radius 3 is 2.29 bits per heavy atom. The zero-order valence-corrected chi connectivity index (χ0v) is 7.97. The Bertz CT molecular complexity index is 261. The van der Waals surface area contributed by atoms with Crippen molar-refractivity contribution in [2.75, 3.05) is 7.11 Å². The molecule has 1 rings (SSSR count). The van der Waals surface area contributed by atoms with Crippen LogP contribution in [0, 0.1) is 0 Å². The van der Waals surface area contributed by atoms with E-state index in [1.54, 1.807) is 12.1 Å².